The van der Waals surface area contributed by atoms with E-state index < -0.39 is 26.7 Å². The molecule has 0 bridgehead atoms. The van der Waals surface area contributed by atoms with Crippen molar-refractivity contribution in [3.05, 3.63) is 71.2 Å². The SMILES string of the molecule is Cc1cc(F)c(S(=O)(=O)NCCc2ccnc3ccccc23)cc1C(=O)O. The van der Waals surface area contributed by atoms with Gasteiger partial charge in [-0.15, -0.1) is 0 Å². The standard InChI is InChI=1S/C19H17FN2O4S/c1-12-10-16(20)18(11-15(12)19(23)24)27(25,26)22-9-7-13-6-8-21-17-5-3-2-4-14(13)17/h2-6,8,10-11,22H,7,9H2,1H3,(H,23,24). The zero-order valence-electron chi connectivity index (χ0n) is 14.4. The Hall–Kier alpha value is -2.84. The van der Waals surface area contributed by atoms with Gasteiger partial charge in [-0.25, -0.2) is 22.3 Å². The van der Waals surface area contributed by atoms with Gasteiger partial charge in [-0.3, -0.25) is 4.98 Å². The third-order valence-corrected chi connectivity index (χ3v) is 5.70. The monoisotopic (exact) mass is 388 g/mol. The Balaban J connectivity index is 1.81. The van der Waals surface area contributed by atoms with Crippen molar-refractivity contribution in [1.29, 1.82) is 0 Å². The van der Waals surface area contributed by atoms with E-state index in [1.807, 2.05) is 24.3 Å². The van der Waals surface area contributed by atoms with Crippen LogP contribution in [0, 0.1) is 12.7 Å². The summed E-state index contributed by atoms with van der Waals surface area (Å²) in [5, 5.41) is 10.0. The van der Waals surface area contributed by atoms with Gasteiger partial charge in [-0.1, -0.05) is 18.2 Å². The van der Waals surface area contributed by atoms with Gasteiger partial charge in [-0.2, -0.15) is 0 Å². The second kappa shape index (κ2) is 7.42. The molecule has 2 N–H and O–H groups in total. The number of aryl methyl sites for hydroxylation is 1. The summed E-state index contributed by atoms with van der Waals surface area (Å²) in [5.74, 6) is -2.30. The van der Waals surface area contributed by atoms with Gasteiger partial charge in [0.2, 0.25) is 10.0 Å². The van der Waals surface area contributed by atoms with Crippen molar-refractivity contribution >= 4 is 26.9 Å². The highest BCUT2D eigenvalue weighted by atomic mass is 32.2. The molecule has 3 aromatic rings. The maximum atomic E-state index is 14.1. The Morgan fingerprint density at radius 1 is 1.22 bits per heavy atom. The van der Waals surface area contributed by atoms with E-state index in [1.54, 1.807) is 12.3 Å². The number of halogens is 1. The fourth-order valence-electron chi connectivity index (χ4n) is 2.86. The van der Waals surface area contributed by atoms with Gasteiger partial charge in [0.25, 0.3) is 0 Å². The minimum atomic E-state index is -4.19. The van der Waals surface area contributed by atoms with Gasteiger partial charge in [-0.05, 0) is 48.7 Å². The topological polar surface area (TPSA) is 96.4 Å². The van der Waals surface area contributed by atoms with E-state index in [-0.39, 0.29) is 17.7 Å². The highest BCUT2D eigenvalue weighted by Gasteiger charge is 2.22. The molecule has 8 heteroatoms. The van der Waals surface area contributed by atoms with Crippen molar-refractivity contribution in [2.75, 3.05) is 6.54 Å². The fraction of sp³-hybridized carbons (Fsp3) is 0.158. The van der Waals surface area contributed by atoms with Crippen LogP contribution in [0.2, 0.25) is 0 Å². The van der Waals surface area contributed by atoms with Crippen LogP contribution in [-0.2, 0) is 16.4 Å². The molecule has 0 amide bonds. The lowest BCUT2D eigenvalue weighted by atomic mass is 10.1. The predicted molar refractivity (Wildman–Crippen MR) is 98.7 cm³/mol. The van der Waals surface area contributed by atoms with Crippen molar-refractivity contribution < 1.29 is 22.7 Å². The third kappa shape index (κ3) is 3.96. The zero-order chi connectivity index (χ0) is 19.6. The summed E-state index contributed by atoms with van der Waals surface area (Å²) in [6.07, 6.45) is 2.02. The van der Waals surface area contributed by atoms with Crippen LogP contribution in [0.15, 0.2) is 53.6 Å². The molecule has 3 rings (SSSR count). The van der Waals surface area contributed by atoms with Crippen LogP contribution in [0.5, 0.6) is 0 Å². The molecule has 0 unspecified atom stereocenters. The number of nitrogens with zero attached hydrogens (tertiary/aromatic N) is 1. The number of pyridine rings is 1. The third-order valence-electron chi connectivity index (χ3n) is 4.22. The number of aromatic nitrogens is 1. The molecule has 1 heterocycles. The minimum Gasteiger partial charge on any atom is -0.478 e. The average Bonchev–Trinajstić information content (AvgIpc) is 2.61. The molecule has 0 fully saturated rings. The molecule has 2 aromatic carbocycles. The number of carboxylic acid groups (broad SMARTS) is 1. The van der Waals surface area contributed by atoms with E-state index in [9.17, 15) is 17.6 Å². The summed E-state index contributed by atoms with van der Waals surface area (Å²) in [6.45, 7) is 1.44. The molecule has 0 aliphatic heterocycles. The summed E-state index contributed by atoms with van der Waals surface area (Å²) in [7, 11) is -4.19. The number of benzene rings is 2. The number of nitrogens with one attached hydrogen (secondary N) is 1. The Labute approximate surface area is 155 Å². The van der Waals surface area contributed by atoms with E-state index in [2.05, 4.69) is 9.71 Å². The maximum Gasteiger partial charge on any atom is 0.335 e. The highest BCUT2D eigenvalue weighted by molar-refractivity contribution is 7.89. The first-order chi connectivity index (χ1) is 12.8. The number of rotatable bonds is 6. The zero-order valence-corrected chi connectivity index (χ0v) is 15.3. The van der Waals surface area contributed by atoms with E-state index >= 15 is 0 Å². The molecule has 6 nitrogen and oxygen atoms in total. The van der Waals surface area contributed by atoms with Gasteiger partial charge in [0.05, 0.1) is 11.1 Å². The van der Waals surface area contributed by atoms with Gasteiger partial charge in [0.1, 0.15) is 10.7 Å². The molecular formula is C19H17FN2O4S. The number of carboxylic acids is 1. The summed E-state index contributed by atoms with van der Waals surface area (Å²) >= 11 is 0. The molecule has 0 aliphatic rings. The summed E-state index contributed by atoms with van der Waals surface area (Å²) in [5.41, 5.74) is 1.60. The van der Waals surface area contributed by atoms with Crippen LogP contribution in [-0.4, -0.2) is 31.0 Å². The molecule has 0 atom stereocenters. The van der Waals surface area contributed by atoms with Crippen LogP contribution in [0.1, 0.15) is 21.5 Å². The Morgan fingerprint density at radius 2 is 1.96 bits per heavy atom. The van der Waals surface area contributed by atoms with Crippen LogP contribution in [0.4, 0.5) is 4.39 Å². The van der Waals surface area contributed by atoms with Crippen LogP contribution >= 0.6 is 0 Å². The summed E-state index contributed by atoms with van der Waals surface area (Å²) in [6, 6.07) is 11.0. The molecule has 0 aliphatic carbocycles. The molecule has 0 spiro atoms. The first-order valence-electron chi connectivity index (χ1n) is 8.15. The van der Waals surface area contributed by atoms with Gasteiger partial charge in [0, 0.05) is 18.1 Å². The van der Waals surface area contributed by atoms with Crippen molar-refractivity contribution in [2.45, 2.75) is 18.2 Å². The molecule has 0 saturated carbocycles. The van der Waals surface area contributed by atoms with E-state index in [4.69, 9.17) is 5.11 Å². The quantitative estimate of drug-likeness (QED) is 0.677. The maximum absolute atomic E-state index is 14.1. The Kier molecular flexibility index (Phi) is 5.20. The number of hydrogen-bond donors (Lipinski definition) is 2. The first kappa shape index (κ1) is 18.9. The highest BCUT2D eigenvalue weighted by Crippen LogP contribution is 2.21. The largest absolute Gasteiger partial charge is 0.478 e. The van der Waals surface area contributed by atoms with Crippen LogP contribution < -0.4 is 4.72 Å². The van der Waals surface area contributed by atoms with E-state index in [1.165, 1.54) is 6.92 Å². The fourth-order valence-corrected chi connectivity index (χ4v) is 3.98. The van der Waals surface area contributed by atoms with Gasteiger partial charge < -0.3 is 5.11 Å². The molecule has 140 valence electrons. The Morgan fingerprint density at radius 3 is 2.70 bits per heavy atom. The molecule has 1 aromatic heterocycles. The smallest absolute Gasteiger partial charge is 0.335 e. The van der Waals surface area contributed by atoms with E-state index in [0.29, 0.717) is 6.42 Å². The average molecular weight is 388 g/mol. The molecule has 27 heavy (non-hydrogen) atoms. The number of para-hydroxylation sites is 1. The van der Waals surface area contributed by atoms with Crippen molar-refractivity contribution in [3.8, 4) is 0 Å². The number of hydrogen-bond acceptors (Lipinski definition) is 4. The summed E-state index contributed by atoms with van der Waals surface area (Å²) in [4.78, 5) is 14.8. The number of sulfonamides is 1. The lowest BCUT2D eigenvalue weighted by Crippen LogP contribution is -2.27. The van der Waals surface area contributed by atoms with E-state index in [0.717, 1.165) is 28.6 Å². The predicted octanol–water partition coefficient (Wildman–Crippen LogP) is 2.90. The Bertz CT molecular complexity index is 1120. The van der Waals surface area contributed by atoms with Gasteiger partial charge in [0.15, 0.2) is 0 Å². The number of carbonyl (C=O) groups is 1. The molecule has 0 saturated heterocycles. The molecular weight excluding hydrogens is 371 g/mol. The lowest BCUT2D eigenvalue weighted by Gasteiger charge is -2.11. The number of aromatic carboxylic acids is 1. The second-order valence-electron chi connectivity index (χ2n) is 6.04. The minimum absolute atomic E-state index is 0.0338. The first-order valence-corrected chi connectivity index (χ1v) is 9.63. The number of fused-ring (bicyclic) bond motifs is 1. The van der Waals surface area contributed by atoms with Crippen molar-refractivity contribution in [2.24, 2.45) is 0 Å². The van der Waals surface area contributed by atoms with Crippen LogP contribution in [0.25, 0.3) is 10.9 Å². The summed E-state index contributed by atoms with van der Waals surface area (Å²) < 4.78 is 41.3. The van der Waals surface area contributed by atoms with Gasteiger partial charge >= 0.3 is 5.97 Å². The lowest BCUT2D eigenvalue weighted by molar-refractivity contribution is 0.0695. The second-order valence-corrected chi connectivity index (χ2v) is 7.77. The molecule has 0 radical (unpaired) electrons. The van der Waals surface area contributed by atoms with Crippen molar-refractivity contribution in [1.82, 2.24) is 9.71 Å². The van der Waals surface area contributed by atoms with Crippen LogP contribution in [0.3, 0.4) is 0 Å². The normalized spacial score (nSPS) is 11.6. The van der Waals surface area contributed by atoms with Crippen molar-refractivity contribution in [3.63, 3.8) is 0 Å².